The van der Waals surface area contributed by atoms with E-state index in [0.29, 0.717) is 50.2 Å². The summed E-state index contributed by atoms with van der Waals surface area (Å²) in [6.07, 6.45) is 0.813. The van der Waals surface area contributed by atoms with Gasteiger partial charge in [-0.3, -0.25) is 14.3 Å². The van der Waals surface area contributed by atoms with Gasteiger partial charge in [0, 0.05) is 39.0 Å². The number of benzene rings is 2. The third kappa shape index (κ3) is 5.13. The molecule has 0 aliphatic carbocycles. The van der Waals surface area contributed by atoms with Gasteiger partial charge in [-0.25, -0.2) is 9.78 Å². The molecule has 34 heavy (non-hydrogen) atoms. The lowest BCUT2D eigenvalue weighted by Crippen LogP contribution is -2.51. The van der Waals surface area contributed by atoms with Crippen molar-refractivity contribution in [1.82, 2.24) is 19.4 Å². The lowest BCUT2D eigenvalue weighted by atomic mass is 10.1. The largest absolute Gasteiger partial charge is 0.383 e. The van der Waals surface area contributed by atoms with Crippen LogP contribution in [0.5, 0.6) is 0 Å². The number of carbonyl (C=O) groups excluding carboxylic acids is 1. The first kappa shape index (κ1) is 23.9. The third-order valence-electron chi connectivity index (χ3n) is 6.44. The Morgan fingerprint density at radius 1 is 1.09 bits per heavy atom. The van der Waals surface area contributed by atoms with Crippen molar-refractivity contribution in [3.8, 4) is 0 Å². The Bertz CT molecular complexity index is 1180. The summed E-state index contributed by atoms with van der Waals surface area (Å²) in [5, 5.41) is 3.61. The number of fused-ring (bicyclic) bond motifs is 1. The number of para-hydroxylation sites is 1. The van der Waals surface area contributed by atoms with Crippen molar-refractivity contribution in [2.75, 3.05) is 45.2 Å². The smallest absolute Gasteiger partial charge is 0.321 e. The Hall–Kier alpha value is -3.23. The summed E-state index contributed by atoms with van der Waals surface area (Å²) >= 11 is 0. The molecule has 1 aliphatic heterocycles. The number of rotatable bonds is 7. The van der Waals surface area contributed by atoms with Crippen LogP contribution in [-0.4, -0.2) is 65.3 Å². The predicted molar refractivity (Wildman–Crippen MR) is 134 cm³/mol. The maximum atomic E-state index is 13.3. The molecule has 1 aliphatic rings. The minimum Gasteiger partial charge on any atom is -0.383 e. The number of methoxy groups -OCH3 is 1. The molecule has 0 saturated carbocycles. The molecule has 0 radical (unpaired) electrons. The van der Waals surface area contributed by atoms with Crippen LogP contribution < -0.4 is 10.9 Å². The number of amides is 2. The number of nitrogens with zero attached hydrogens (tertiary/aromatic N) is 4. The van der Waals surface area contributed by atoms with Crippen LogP contribution in [0.4, 0.5) is 10.5 Å². The van der Waals surface area contributed by atoms with Crippen LogP contribution in [-0.2, 0) is 11.3 Å². The molecule has 1 unspecified atom stereocenters. The predicted octanol–water partition coefficient (Wildman–Crippen LogP) is 3.65. The van der Waals surface area contributed by atoms with Crippen molar-refractivity contribution < 1.29 is 9.53 Å². The molecule has 1 fully saturated rings. The van der Waals surface area contributed by atoms with E-state index in [9.17, 15) is 9.59 Å². The van der Waals surface area contributed by atoms with Gasteiger partial charge in [-0.05, 0) is 37.6 Å². The van der Waals surface area contributed by atoms with Gasteiger partial charge in [0.1, 0.15) is 5.82 Å². The third-order valence-corrected chi connectivity index (χ3v) is 6.44. The van der Waals surface area contributed by atoms with Crippen molar-refractivity contribution >= 4 is 22.6 Å². The van der Waals surface area contributed by atoms with E-state index in [1.807, 2.05) is 60.4 Å². The normalized spacial score (nSPS) is 15.4. The van der Waals surface area contributed by atoms with E-state index in [1.54, 1.807) is 11.7 Å². The minimum atomic E-state index is -0.0858. The van der Waals surface area contributed by atoms with Crippen LogP contribution in [0.25, 0.3) is 10.9 Å². The fourth-order valence-electron chi connectivity index (χ4n) is 4.52. The average Bonchev–Trinajstić information content (AvgIpc) is 2.86. The molecular weight excluding hydrogens is 430 g/mol. The number of anilines is 1. The number of nitrogens with one attached hydrogen (secondary N) is 1. The van der Waals surface area contributed by atoms with Crippen LogP contribution in [0, 0.1) is 6.92 Å². The molecule has 1 aromatic heterocycles. The Kier molecular flexibility index (Phi) is 7.59. The molecule has 180 valence electrons. The van der Waals surface area contributed by atoms with Gasteiger partial charge in [0.25, 0.3) is 5.56 Å². The van der Waals surface area contributed by atoms with E-state index in [2.05, 4.69) is 17.1 Å². The number of piperazine rings is 1. The molecule has 1 atom stereocenters. The second-order valence-corrected chi connectivity index (χ2v) is 8.68. The molecule has 0 spiro atoms. The van der Waals surface area contributed by atoms with Crippen LogP contribution in [0.15, 0.2) is 53.3 Å². The highest BCUT2D eigenvalue weighted by Crippen LogP contribution is 2.25. The number of hydrogen-bond donors (Lipinski definition) is 1. The quantitative estimate of drug-likeness (QED) is 0.579. The molecule has 8 heteroatoms. The molecule has 1 N–H and O–H groups in total. The number of aryl methyl sites for hydroxylation is 1. The van der Waals surface area contributed by atoms with Crippen LogP contribution in [0.1, 0.15) is 30.8 Å². The Morgan fingerprint density at radius 2 is 1.79 bits per heavy atom. The van der Waals surface area contributed by atoms with Crippen LogP contribution in [0.3, 0.4) is 0 Å². The van der Waals surface area contributed by atoms with Crippen LogP contribution in [0.2, 0.25) is 0 Å². The van der Waals surface area contributed by atoms with Gasteiger partial charge in [0.2, 0.25) is 0 Å². The first-order chi connectivity index (χ1) is 16.5. The fourth-order valence-corrected chi connectivity index (χ4v) is 4.52. The van der Waals surface area contributed by atoms with E-state index in [1.165, 1.54) is 0 Å². The molecule has 3 aromatic rings. The van der Waals surface area contributed by atoms with Gasteiger partial charge in [0.15, 0.2) is 0 Å². The maximum Gasteiger partial charge on any atom is 0.321 e. The number of carbonyl (C=O) groups is 1. The number of hydrogen-bond acceptors (Lipinski definition) is 5. The monoisotopic (exact) mass is 463 g/mol. The summed E-state index contributed by atoms with van der Waals surface area (Å²) in [6.45, 7) is 7.69. The van der Waals surface area contributed by atoms with Crippen molar-refractivity contribution in [3.63, 3.8) is 0 Å². The van der Waals surface area contributed by atoms with E-state index in [0.717, 1.165) is 23.5 Å². The lowest BCUT2D eigenvalue weighted by Gasteiger charge is -2.39. The van der Waals surface area contributed by atoms with Gasteiger partial charge in [-0.15, -0.1) is 0 Å². The zero-order chi connectivity index (χ0) is 24.1. The molecule has 0 bridgehead atoms. The highest BCUT2D eigenvalue weighted by molar-refractivity contribution is 5.89. The van der Waals surface area contributed by atoms with Crippen molar-refractivity contribution in [2.24, 2.45) is 0 Å². The molecule has 2 amide bonds. The Balaban J connectivity index is 1.51. The van der Waals surface area contributed by atoms with E-state index in [-0.39, 0.29) is 17.6 Å². The van der Waals surface area contributed by atoms with Crippen molar-refractivity contribution in [1.29, 1.82) is 0 Å². The second-order valence-electron chi connectivity index (χ2n) is 8.68. The first-order valence-corrected chi connectivity index (χ1v) is 11.9. The topological polar surface area (TPSA) is 79.7 Å². The van der Waals surface area contributed by atoms with Gasteiger partial charge in [-0.2, -0.15) is 0 Å². The summed E-state index contributed by atoms with van der Waals surface area (Å²) in [5.74, 6) is 0.765. The minimum absolute atomic E-state index is 0.0172. The van der Waals surface area contributed by atoms with Gasteiger partial charge in [-0.1, -0.05) is 36.8 Å². The number of urea groups is 1. The highest BCUT2D eigenvalue weighted by Gasteiger charge is 2.29. The van der Waals surface area contributed by atoms with E-state index < -0.39 is 0 Å². The van der Waals surface area contributed by atoms with Gasteiger partial charge in [0.05, 0.1) is 30.1 Å². The Morgan fingerprint density at radius 3 is 2.47 bits per heavy atom. The molecule has 2 heterocycles. The van der Waals surface area contributed by atoms with Crippen molar-refractivity contribution in [2.45, 2.75) is 32.9 Å². The van der Waals surface area contributed by atoms with E-state index >= 15 is 0 Å². The molecule has 2 aromatic carbocycles. The zero-order valence-corrected chi connectivity index (χ0v) is 20.2. The Labute approximate surface area is 200 Å². The second kappa shape index (κ2) is 10.8. The van der Waals surface area contributed by atoms with Crippen molar-refractivity contribution in [3.05, 3.63) is 70.3 Å². The van der Waals surface area contributed by atoms with Gasteiger partial charge < -0.3 is 15.0 Å². The summed E-state index contributed by atoms with van der Waals surface area (Å²) in [7, 11) is 1.64. The fraction of sp³-hybridized carbons (Fsp3) is 0.423. The molecule has 4 rings (SSSR count). The standard InChI is InChI=1S/C26H33N5O3/c1-4-23(24-28-22-8-6-5-7-21(22)25(32)31(24)17-18-34-3)29-13-15-30(16-14-29)26(33)27-20-11-9-19(2)10-12-20/h5-12,23H,4,13-18H2,1-3H3,(H,27,33). The van der Waals surface area contributed by atoms with E-state index in [4.69, 9.17) is 9.72 Å². The summed E-state index contributed by atoms with van der Waals surface area (Å²) in [6, 6.07) is 15.2. The maximum absolute atomic E-state index is 13.3. The number of aromatic nitrogens is 2. The number of ether oxygens (including phenoxy) is 1. The average molecular weight is 464 g/mol. The summed E-state index contributed by atoms with van der Waals surface area (Å²) in [4.78, 5) is 35.1. The molecular formula is C26H33N5O3. The SMILES string of the molecule is CCC(c1nc2ccccc2c(=O)n1CCOC)N1CCN(C(=O)Nc2ccc(C)cc2)CC1. The molecule has 8 nitrogen and oxygen atoms in total. The van der Waals surface area contributed by atoms with Gasteiger partial charge >= 0.3 is 6.03 Å². The van der Waals surface area contributed by atoms with Crippen LogP contribution >= 0.6 is 0 Å². The lowest BCUT2D eigenvalue weighted by molar-refractivity contribution is 0.103. The highest BCUT2D eigenvalue weighted by atomic mass is 16.5. The first-order valence-electron chi connectivity index (χ1n) is 11.9. The summed E-state index contributed by atoms with van der Waals surface area (Å²) in [5.41, 5.74) is 2.63. The summed E-state index contributed by atoms with van der Waals surface area (Å²) < 4.78 is 7.03. The zero-order valence-electron chi connectivity index (χ0n) is 20.2. The molecule has 1 saturated heterocycles.